The molecule has 2 heterocycles. The summed E-state index contributed by atoms with van der Waals surface area (Å²) < 4.78 is 1.10. The number of nitrogens with zero attached hydrogens (tertiary/aromatic N) is 3. The molecular weight excluding hydrogens is 380 g/mol. The van der Waals surface area contributed by atoms with E-state index in [1.165, 1.54) is 5.56 Å². The number of carbonyl (C=O) groups is 1. The van der Waals surface area contributed by atoms with Crippen molar-refractivity contribution in [3.63, 3.8) is 0 Å². The molecule has 1 aliphatic rings. The maximum atomic E-state index is 12.2. The zero-order chi connectivity index (χ0) is 17.5. The standard InChI is InChI=1S/C19H21BrN4O/c20-18-3-1-16(2-4-18)14-24-11-7-17(8-12-24)19(25)23-22-13-15-5-9-21-10-6-15/h1-6,9-10,13,17H,7-8,11-12,14H2,(H,23,25). The summed E-state index contributed by atoms with van der Waals surface area (Å²) in [6.07, 6.45) is 6.77. The Bertz CT molecular complexity index is 710. The van der Waals surface area contributed by atoms with Gasteiger partial charge in [0.15, 0.2) is 0 Å². The third-order valence-electron chi connectivity index (χ3n) is 4.37. The van der Waals surface area contributed by atoms with Gasteiger partial charge in [0.1, 0.15) is 0 Å². The van der Waals surface area contributed by atoms with Gasteiger partial charge in [0.2, 0.25) is 5.91 Å². The summed E-state index contributed by atoms with van der Waals surface area (Å²) in [4.78, 5) is 18.6. The van der Waals surface area contributed by atoms with Crippen molar-refractivity contribution in [2.45, 2.75) is 19.4 Å². The summed E-state index contributed by atoms with van der Waals surface area (Å²) in [5, 5.41) is 4.04. The second-order valence-electron chi connectivity index (χ2n) is 6.19. The number of halogens is 1. The second kappa shape index (κ2) is 8.87. The molecule has 25 heavy (non-hydrogen) atoms. The lowest BCUT2D eigenvalue weighted by Gasteiger charge is -2.30. The Morgan fingerprint density at radius 3 is 2.56 bits per heavy atom. The lowest BCUT2D eigenvalue weighted by Crippen LogP contribution is -2.39. The number of hydrazone groups is 1. The Balaban J connectivity index is 1.43. The van der Waals surface area contributed by atoms with E-state index in [0.717, 1.165) is 42.5 Å². The van der Waals surface area contributed by atoms with Crippen molar-refractivity contribution in [2.24, 2.45) is 11.0 Å². The van der Waals surface area contributed by atoms with Crippen molar-refractivity contribution < 1.29 is 4.79 Å². The first kappa shape index (κ1) is 17.8. The van der Waals surface area contributed by atoms with Gasteiger partial charge in [-0.05, 0) is 61.3 Å². The molecule has 1 aliphatic heterocycles. The van der Waals surface area contributed by atoms with E-state index in [4.69, 9.17) is 0 Å². The highest BCUT2D eigenvalue weighted by atomic mass is 79.9. The average Bonchev–Trinajstić information content (AvgIpc) is 2.65. The Morgan fingerprint density at radius 2 is 1.88 bits per heavy atom. The van der Waals surface area contributed by atoms with Gasteiger partial charge in [-0.3, -0.25) is 14.7 Å². The molecule has 2 aromatic rings. The molecule has 0 atom stereocenters. The quantitative estimate of drug-likeness (QED) is 0.619. The smallest absolute Gasteiger partial charge is 0.243 e. The average molecular weight is 401 g/mol. The van der Waals surface area contributed by atoms with E-state index in [0.29, 0.717) is 0 Å². The highest BCUT2D eigenvalue weighted by molar-refractivity contribution is 9.10. The molecule has 5 nitrogen and oxygen atoms in total. The number of pyridine rings is 1. The summed E-state index contributed by atoms with van der Waals surface area (Å²) in [5.74, 6) is 0.0457. The maximum Gasteiger partial charge on any atom is 0.243 e. The molecule has 0 bridgehead atoms. The number of amides is 1. The summed E-state index contributed by atoms with van der Waals surface area (Å²) >= 11 is 3.46. The van der Waals surface area contributed by atoms with Gasteiger partial charge in [-0.15, -0.1) is 0 Å². The summed E-state index contributed by atoms with van der Waals surface area (Å²) in [6, 6.07) is 12.1. The molecule has 0 unspecified atom stereocenters. The molecule has 1 aromatic heterocycles. The first-order valence-corrected chi connectivity index (χ1v) is 9.20. The van der Waals surface area contributed by atoms with Crippen LogP contribution in [0.1, 0.15) is 24.0 Å². The van der Waals surface area contributed by atoms with E-state index in [9.17, 15) is 4.79 Å². The Morgan fingerprint density at radius 1 is 1.20 bits per heavy atom. The third kappa shape index (κ3) is 5.47. The highest BCUT2D eigenvalue weighted by Gasteiger charge is 2.24. The second-order valence-corrected chi connectivity index (χ2v) is 7.11. The lowest BCUT2D eigenvalue weighted by molar-refractivity contribution is -0.126. The van der Waals surface area contributed by atoms with E-state index in [1.54, 1.807) is 18.6 Å². The normalized spacial score (nSPS) is 16.2. The molecule has 3 rings (SSSR count). The van der Waals surface area contributed by atoms with Crippen LogP contribution in [0, 0.1) is 5.92 Å². The molecule has 1 fully saturated rings. The first-order chi connectivity index (χ1) is 12.2. The predicted octanol–water partition coefficient (Wildman–Crippen LogP) is 3.21. The number of benzene rings is 1. The van der Waals surface area contributed by atoms with Crippen molar-refractivity contribution in [1.29, 1.82) is 0 Å². The molecule has 0 spiro atoms. The molecule has 1 aromatic carbocycles. The SMILES string of the molecule is O=C(NN=Cc1ccncc1)C1CCN(Cc2ccc(Br)cc2)CC1. The number of aromatic nitrogens is 1. The van der Waals surface area contributed by atoms with E-state index in [-0.39, 0.29) is 11.8 Å². The molecule has 1 saturated heterocycles. The number of likely N-dealkylation sites (tertiary alicyclic amines) is 1. The minimum Gasteiger partial charge on any atom is -0.299 e. The van der Waals surface area contributed by atoms with E-state index in [1.807, 2.05) is 12.1 Å². The fourth-order valence-electron chi connectivity index (χ4n) is 2.91. The molecule has 130 valence electrons. The van der Waals surface area contributed by atoms with E-state index >= 15 is 0 Å². The maximum absolute atomic E-state index is 12.2. The van der Waals surface area contributed by atoms with Crippen LogP contribution in [0.3, 0.4) is 0 Å². The number of carbonyl (C=O) groups excluding carboxylic acids is 1. The monoisotopic (exact) mass is 400 g/mol. The number of piperidine rings is 1. The van der Waals surface area contributed by atoms with E-state index < -0.39 is 0 Å². The van der Waals surface area contributed by atoms with Crippen molar-refractivity contribution in [3.8, 4) is 0 Å². The van der Waals surface area contributed by atoms with Crippen molar-refractivity contribution in [3.05, 3.63) is 64.4 Å². The number of rotatable bonds is 5. The largest absolute Gasteiger partial charge is 0.299 e. The zero-order valence-electron chi connectivity index (χ0n) is 13.9. The minimum absolute atomic E-state index is 0.00796. The van der Waals surface area contributed by atoms with Gasteiger partial charge in [0, 0.05) is 29.3 Å². The van der Waals surface area contributed by atoms with Crippen molar-refractivity contribution in [2.75, 3.05) is 13.1 Å². The van der Waals surface area contributed by atoms with Crippen LogP contribution in [0.2, 0.25) is 0 Å². The zero-order valence-corrected chi connectivity index (χ0v) is 15.5. The summed E-state index contributed by atoms with van der Waals surface area (Å²) in [7, 11) is 0. The van der Waals surface area contributed by atoms with Gasteiger partial charge in [-0.2, -0.15) is 5.10 Å². The summed E-state index contributed by atoms with van der Waals surface area (Å²) in [5.41, 5.74) is 4.87. The lowest BCUT2D eigenvalue weighted by atomic mass is 9.96. The van der Waals surface area contributed by atoms with Crippen LogP contribution < -0.4 is 5.43 Å². The topological polar surface area (TPSA) is 57.6 Å². The van der Waals surface area contributed by atoms with Crippen molar-refractivity contribution >= 4 is 28.1 Å². The van der Waals surface area contributed by atoms with Crippen LogP contribution in [0.25, 0.3) is 0 Å². The highest BCUT2D eigenvalue weighted by Crippen LogP contribution is 2.20. The van der Waals surface area contributed by atoms with Gasteiger partial charge in [-0.1, -0.05) is 28.1 Å². The fraction of sp³-hybridized carbons (Fsp3) is 0.316. The molecule has 0 aliphatic carbocycles. The Labute approximate surface area is 156 Å². The molecule has 0 radical (unpaired) electrons. The van der Waals surface area contributed by atoms with Crippen LogP contribution in [0.4, 0.5) is 0 Å². The molecule has 6 heteroatoms. The molecule has 1 amide bonds. The van der Waals surface area contributed by atoms with Crippen LogP contribution in [0.5, 0.6) is 0 Å². The van der Waals surface area contributed by atoms with Crippen LogP contribution >= 0.6 is 15.9 Å². The van der Waals surface area contributed by atoms with Crippen LogP contribution in [-0.2, 0) is 11.3 Å². The number of nitrogens with one attached hydrogen (secondary N) is 1. The fourth-order valence-corrected chi connectivity index (χ4v) is 3.18. The number of hydrogen-bond donors (Lipinski definition) is 1. The molecule has 0 saturated carbocycles. The Hall–Kier alpha value is -2.05. The number of hydrogen-bond acceptors (Lipinski definition) is 4. The van der Waals surface area contributed by atoms with Gasteiger partial charge < -0.3 is 0 Å². The predicted molar refractivity (Wildman–Crippen MR) is 102 cm³/mol. The van der Waals surface area contributed by atoms with Gasteiger partial charge >= 0.3 is 0 Å². The first-order valence-electron chi connectivity index (χ1n) is 8.40. The van der Waals surface area contributed by atoms with Crippen LogP contribution in [0.15, 0.2) is 58.4 Å². The van der Waals surface area contributed by atoms with E-state index in [2.05, 4.69) is 60.6 Å². The Kier molecular flexibility index (Phi) is 6.30. The van der Waals surface area contributed by atoms with Crippen LogP contribution in [-0.4, -0.2) is 35.1 Å². The third-order valence-corrected chi connectivity index (χ3v) is 4.90. The minimum atomic E-state index is 0.00796. The van der Waals surface area contributed by atoms with Gasteiger partial charge in [0.05, 0.1) is 6.21 Å². The van der Waals surface area contributed by atoms with Gasteiger partial charge in [-0.25, -0.2) is 5.43 Å². The van der Waals surface area contributed by atoms with Crippen molar-refractivity contribution in [1.82, 2.24) is 15.3 Å². The van der Waals surface area contributed by atoms with Gasteiger partial charge in [0.25, 0.3) is 0 Å². The molecule has 1 N–H and O–H groups in total. The summed E-state index contributed by atoms with van der Waals surface area (Å²) in [6.45, 7) is 2.80. The molecular formula is C19H21BrN4O.